The van der Waals surface area contributed by atoms with Crippen LogP contribution in [-0.4, -0.2) is 14.8 Å². The monoisotopic (exact) mass is 315 g/mol. The van der Waals surface area contributed by atoms with Crippen LogP contribution in [0.1, 0.15) is 24.7 Å². The summed E-state index contributed by atoms with van der Waals surface area (Å²) in [6.07, 6.45) is 1.07. The van der Waals surface area contributed by atoms with Crippen LogP contribution in [0.5, 0.6) is 0 Å². The van der Waals surface area contributed by atoms with Crippen molar-refractivity contribution in [2.45, 2.75) is 37.7 Å². The van der Waals surface area contributed by atoms with Crippen molar-refractivity contribution in [1.82, 2.24) is 14.8 Å². The van der Waals surface area contributed by atoms with E-state index in [0.29, 0.717) is 10.0 Å². The smallest absolute Gasteiger partial charge is 0.191 e. The van der Waals surface area contributed by atoms with Crippen molar-refractivity contribution < 1.29 is 0 Å². The summed E-state index contributed by atoms with van der Waals surface area (Å²) < 4.78 is 2.14. The van der Waals surface area contributed by atoms with Crippen molar-refractivity contribution in [3.63, 3.8) is 0 Å². The van der Waals surface area contributed by atoms with E-state index in [4.69, 9.17) is 23.2 Å². The van der Waals surface area contributed by atoms with Gasteiger partial charge in [-0.25, -0.2) is 0 Å². The van der Waals surface area contributed by atoms with E-state index in [-0.39, 0.29) is 0 Å². The third-order valence-electron chi connectivity index (χ3n) is 2.70. The normalized spacial score (nSPS) is 10.9. The van der Waals surface area contributed by atoms with Gasteiger partial charge >= 0.3 is 0 Å². The Kier molecular flexibility index (Phi) is 5.13. The van der Waals surface area contributed by atoms with E-state index in [1.165, 1.54) is 0 Å². The first-order valence-electron chi connectivity index (χ1n) is 6.08. The maximum Gasteiger partial charge on any atom is 0.191 e. The Morgan fingerprint density at radius 1 is 1.21 bits per heavy atom. The quantitative estimate of drug-likeness (QED) is 0.756. The van der Waals surface area contributed by atoms with Gasteiger partial charge in [0.05, 0.1) is 10.0 Å². The molecule has 2 rings (SSSR count). The second-order valence-corrected chi connectivity index (χ2v) is 5.98. The highest BCUT2D eigenvalue weighted by molar-refractivity contribution is 7.98. The molecule has 0 unspecified atom stereocenters. The molecule has 2 aromatic rings. The molecule has 1 aromatic heterocycles. The van der Waals surface area contributed by atoms with Gasteiger partial charge in [0.25, 0.3) is 0 Å². The van der Waals surface area contributed by atoms with Gasteiger partial charge in [-0.15, -0.1) is 10.2 Å². The first-order valence-corrected chi connectivity index (χ1v) is 7.82. The van der Waals surface area contributed by atoms with Crippen molar-refractivity contribution >= 4 is 35.0 Å². The highest BCUT2D eigenvalue weighted by atomic mass is 35.5. The molecule has 0 aliphatic heterocycles. The number of hydrogen-bond acceptors (Lipinski definition) is 3. The molecule has 0 aliphatic rings. The van der Waals surface area contributed by atoms with Crippen molar-refractivity contribution in [2.24, 2.45) is 0 Å². The molecule has 0 saturated carbocycles. The lowest BCUT2D eigenvalue weighted by Crippen LogP contribution is -2.01. The SMILES string of the molecule is CCCn1c(C)nnc1SCc1ccc(Cl)c(Cl)c1. The molecule has 0 spiro atoms. The summed E-state index contributed by atoms with van der Waals surface area (Å²) in [7, 11) is 0. The summed E-state index contributed by atoms with van der Waals surface area (Å²) in [6, 6.07) is 5.70. The van der Waals surface area contributed by atoms with Crippen LogP contribution >= 0.6 is 35.0 Å². The summed E-state index contributed by atoms with van der Waals surface area (Å²) in [5.41, 5.74) is 1.13. The molecular weight excluding hydrogens is 301 g/mol. The van der Waals surface area contributed by atoms with Crippen LogP contribution in [0.4, 0.5) is 0 Å². The average Bonchev–Trinajstić information content (AvgIpc) is 2.73. The fourth-order valence-electron chi connectivity index (χ4n) is 1.73. The van der Waals surface area contributed by atoms with Gasteiger partial charge in [0.2, 0.25) is 0 Å². The number of aromatic nitrogens is 3. The molecule has 1 heterocycles. The van der Waals surface area contributed by atoms with E-state index in [9.17, 15) is 0 Å². The molecule has 0 N–H and O–H groups in total. The Hall–Kier alpha value is -0.710. The Morgan fingerprint density at radius 3 is 2.68 bits per heavy atom. The molecule has 0 atom stereocenters. The standard InChI is InChI=1S/C13H15Cl2N3S/c1-3-6-18-9(2)16-17-13(18)19-8-10-4-5-11(14)12(15)7-10/h4-5,7H,3,6,8H2,1-2H3. The molecule has 102 valence electrons. The first kappa shape index (κ1) is 14.7. The number of halogens is 2. The first-order chi connectivity index (χ1) is 9.11. The van der Waals surface area contributed by atoms with Crippen LogP contribution in [0.25, 0.3) is 0 Å². The summed E-state index contributed by atoms with van der Waals surface area (Å²) in [6.45, 7) is 5.07. The Morgan fingerprint density at radius 2 is 2.00 bits per heavy atom. The molecule has 0 radical (unpaired) electrons. The summed E-state index contributed by atoms with van der Waals surface area (Å²) in [5.74, 6) is 1.76. The van der Waals surface area contributed by atoms with Gasteiger partial charge in [-0.05, 0) is 31.0 Å². The maximum atomic E-state index is 6.01. The number of hydrogen-bond donors (Lipinski definition) is 0. The molecular formula is C13H15Cl2N3S. The molecule has 0 bridgehead atoms. The molecule has 0 saturated heterocycles. The number of aryl methyl sites for hydroxylation is 1. The minimum atomic E-state index is 0.584. The van der Waals surface area contributed by atoms with Crippen LogP contribution in [0.2, 0.25) is 10.0 Å². The van der Waals surface area contributed by atoms with E-state index in [2.05, 4.69) is 21.7 Å². The Labute approximate surface area is 127 Å². The van der Waals surface area contributed by atoms with Gasteiger partial charge in [0, 0.05) is 12.3 Å². The van der Waals surface area contributed by atoms with E-state index >= 15 is 0 Å². The zero-order valence-electron chi connectivity index (χ0n) is 10.9. The summed E-state index contributed by atoms with van der Waals surface area (Å²) in [5, 5.41) is 10.5. The third kappa shape index (κ3) is 3.65. The lowest BCUT2D eigenvalue weighted by Gasteiger charge is -2.07. The van der Waals surface area contributed by atoms with E-state index < -0.39 is 0 Å². The van der Waals surface area contributed by atoms with Crippen molar-refractivity contribution in [3.05, 3.63) is 39.6 Å². The molecule has 0 fully saturated rings. The van der Waals surface area contributed by atoms with Gasteiger partial charge < -0.3 is 4.57 Å². The zero-order valence-corrected chi connectivity index (χ0v) is 13.2. The van der Waals surface area contributed by atoms with Gasteiger partial charge in [0.15, 0.2) is 5.16 Å². The number of rotatable bonds is 5. The fraction of sp³-hybridized carbons (Fsp3) is 0.385. The highest BCUT2D eigenvalue weighted by Gasteiger charge is 2.09. The van der Waals surface area contributed by atoms with E-state index in [0.717, 1.165) is 35.3 Å². The predicted molar refractivity (Wildman–Crippen MR) is 81.1 cm³/mol. The lowest BCUT2D eigenvalue weighted by molar-refractivity contribution is 0.605. The highest BCUT2D eigenvalue weighted by Crippen LogP contribution is 2.27. The lowest BCUT2D eigenvalue weighted by atomic mass is 10.2. The van der Waals surface area contributed by atoms with Crippen molar-refractivity contribution in [2.75, 3.05) is 0 Å². The van der Waals surface area contributed by atoms with Gasteiger partial charge in [-0.3, -0.25) is 0 Å². The minimum Gasteiger partial charge on any atom is -0.306 e. The zero-order chi connectivity index (χ0) is 13.8. The molecule has 0 amide bonds. The van der Waals surface area contributed by atoms with Gasteiger partial charge in [-0.1, -0.05) is 48.0 Å². The van der Waals surface area contributed by atoms with Crippen LogP contribution in [0.15, 0.2) is 23.4 Å². The Balaban J connectivity index is 2.07. The number of thioether (sulfide) groups is 1. The minimum absolute atomic E-state index is 0.584. The van der Waals surface area contributed by atoms with Crippen molar-refractivity contribution in [3.8, 4) is 0 Å². The van der Waals surface area contributed by atoms with Crippen LogP contribution in [0, 0.1) is 6.92 Å². The van der Waals surface area contributed by atoms with Crippen LogP contribution in [0.3, 0.4) is 0 Å². The average molecular weight is 316 g/mol. The second-order valence-electron chi connectivity index (χ2n) is 4.22. The summed E-state index contributed by atoms with van der Waals surface area (Å²) >= 11 is 13.6. The maximum absolute atomic E-state index is 6.01. The Bertz CT molecular complexity index is 569. The van der Waals surface area contributed by atoms with Crippen LogP contribution < -0.4 is 0 Å². The van der Waals surface area contributed by atoms with Crippen molar-refractivity contribution in [1.29, 1.82) is 0 Å². The molecule has 1 aromatic carbocycles. The van der Waals surface area contributed by atoms with Crippen LogP contribution in [-0.2, 0) is 12.3 Å². The molecule has 19 heavy (non-hydrogen) atoms. The third-order valence-corrected chi connectivity index (χ3v) is 4.48. The number of nitrogens with zero attached hydrogens (tertiary/aromatic N) is 3. The topological polar surface area (TPSA) is 30.7 Å². The number of benzene rings is 1. The predicted octanol–water partition coefficient (Wildman–Crippen LogP) is 4.60. The van der Waals surface area contributed by atoms with Gasteiger partial charge in [-0.2, -0.15) is 0 Å². The van der Waals surface area contributed by atoms with Gasteiger partial charge in [0.1, 0.15) is 5.82 Å². The summed E-state index contributed by atoms with van der Waals surface area (Å²) in [4.78, 5) is 0. The van der Waals surface area contributed by atoms with E-state index in [1.54, 1.807) is 11.8 Å². The molecule has 6 heteroatoms. The molecule has 0 aliphatic carbocycles. The van der Waals surface area contributed by atoms with E-state index in [1.807, 2.05) is 25.1 Å². The molecule has 3 nitrogen and oxygen atoms in total. The second kappa shape index (κ2) is 6.64. The largest absolute Gasteiger partial charge is 0.306 e. The fourth-order valence-corrected chi connectivity index (χ4v) is 3.00.